The van der Waals surface area contributed by atoms with Gasteiger partial charge in [-0.1, -0.05) is 29.5 Å². The number of ether oxygens (including phenoxy) is 1. The van der Waals surface area contributed by atoms with E-state index in [0.29, 0.717) is 24.3 Å². The molecule has 5 N–H and O–H groups in total. The zero-order valence-electron chi connectivity index (χ0n) is 18.2. The van der Waals surface area contributed by atoms with E-state index < -0.39 is 27.7 Å². The topological polar surface area (TPSA) is 150 Å². The molecule has 174 valence electrons. The van der Waals surface area contributed by atoms with Crippen LogP contribution in [0.15, 0.2) is 36.4 Å². The number of hydrogen-bond acceptors (Lipinski definition) is 8. The van der Waals surface area contributed by atoms with Gasteiger partial charge in [0.25, 0.3) is 0 Å². The van der Waals surface area contributed by atoms with Crippen LogP contribution in [0.3, 0.4) is 0 Å². The third-order valence-electron chi connectivity index (χ3n) is 5.20. The average molecular weight is 488 g/mol. The molecule has 1 aliphatic rings. The van der Waals surface area contributed by atoms with E-state index in [4.69, 9.17) is 16.2 Å². The number of carbonyl (C=O) groups is 1. The van der Waals surface area contributed by atoms with Gasteiger partial charge in [0, 0.05) is 17.2 Å². The minimum absolute atomic E-state index is 0.0237. The van der Waals surface area contributed by atoms with Crippen LogP contribution >= 0.6 is 11.3 Å². The van der Waals surface area contributed by atoms with Crippen LogP contribution in [0.5, 0.6) is 5.75 Å². The lowest BCUT2D eigenvalue weighted by molar-refractivity contribution is -0.115. The Bertz CT molecular complexity index is 1300. The molecule has 0 saturated heterocycles. The zero-order chi connectivity index (χ0) is 23.8. The lowest BCUT2D eigenvalue weighted by Crippen LogP contribution is -2.35. The summed E-state index contributed by atoms with van der Waals surface area (Å²) in [5.41, 5.74) is 15.4. The molecular formula is C22H25N5O4S2. The summed E-state index contributed by atoms with van der Waals surface area (Å²) in [5.74, 6) is -0.993. The van der Waals surface area contributed by atoms with Crippen molar-refractivity contribution in [3.63, 3.8) is 0 Å². The highest BCUT2D eigenvalue weighted by Crippen LogP contribution is 2.40. The maximum absolute atomic E-state index is 12.2. The van der Waals surface area contributed by atoms with Gasteiger partial charge in [-0.3, -0.25) is 4.79 Å². The van der Waals surface area contributed by atoms with E-state index in [1.54, 1.807) is 0 Å². The van der Waals surface area contributed by atoms with Crippen LogP contribution in [-0.2, 0) is 21.2 Å². The number of carbonyl (C=O) groups excluding carboxylic acids is 1. The summed E-state index contributed by atoms with van der Waals surface area (Å²) in [6, 6.07) is 10.8. The second kappa shape index (κ2) is 9.08. The first kappa shape index (κ1) is 23.1. The Labute approximate surface area is 196 Å². The molecule has 0 aliphatic heterocycles. The van der Waals surface area contributed by atoms with Crippen molar-refractivity contribution in [1.29, 1.82) is 0 Å². The van der Waals surface area contributed by atoms with Gasteiger partial charge in [0.2, 0.25) is 15.9 Å². The number of benzene rings is 2. The lowest BCUT2D eigenvalue weighted by Gasteiger charge is -2.14. The third-order valence-corrected chi connectivity index (χ3v) is 7.51. The van der Waals surface area contributed by atoms with Gasteiger partial charge < -0.3 is 16.2 Å². The minimum Gasteiger partial charge on any atom is -0.489 e. The molecule has 33 heavy (non-hydrogen) atoms. The number of rotatable bonds is 8. The molecule has 1 unspecified atom stereocenters. The number of amides is 1. The largest absolute Gasteiger partial charge is 0.489 e. The van der Waals surface area contributed by atoms with E-state index in [1.165, 1.54) is 11.3 Å². The second-order valence-corrected chi connectivity index (χ2v) is 10.9. The summed E-state index contributed by atoms with van der Waals surface area (Å²) in [4.78, 5) is 11.1. The molecule has 0 saturated carbocycles. The molecular weight excluding hydrogens is 462 g/mol. The van der Waals surface area contributed by atoms with Crippen molar-refractivity contribution in [3.8, 4) is 26.9 Å². The number of fused-ring (bicyclic) bond motifs is 1. The summed E-state index contributed by atoms with van der Waals surface area (Å²) in [6.07, 6.45) is 1.29. The molecule has 1 heterocycles. The maximum Gasteiger partial charge on any atom is 0.234 e. The molecule has 1 atom stereocenters. The SMILES string of the molecule is CC(C)Oc1ccc(-c2nnc(-c3cccc4c3CCC4NS(=O)(=O)CC(N)=O)s2)cc1N. The highest BCUT2D eigenvalue weighted by molar-refractivity contribution is 7.90. The molecule has 0 spiro atoms. The van der Waals surface area contributed by atoms with E-state index in [-0.39, 0.29) is 6.10 Å². The van der Waals surface area contributed by atoms with Crippen LogP contribution < -0.4 is 20.9 Å². The van der Waals surface area contributed by atoms with Crippen LogP contribution in [0, 0.1) is 0 Å². The Morgan fingerprint density at radius 3 is 2.70 bits per heavy atom. The Morgan fingerprint density at radius 1 is 1.24 bits per heavy atom. The lowest BCUT2D eigenvalue weighted by atomic mass is 10.0. The number of nitrogen functional groups attached to an aromatic ring is 1. The van der Waals surface area contributed by atoms with Crippen LogP contribution in [0.4, 0.5) is 5.69 Å². The van der Waals surface area contributed by atoms with Crippen LogP contribution in [0.25, 0.3) is 21.1 Å². The summed E-state index contributed by atoms with van der Waals surface area (Å²) >= 11 is 1.44. The summed E-state index contributed by atoms with van der Waals surface area (Å²) in [5, 5.41) is 10.2. The fourth-order valence-corrected chi connectivity index (χ4v) is 5.94. The normalized spacial score (nSPS) is 15.5. The number of nitrogens with zero attached hydrogens (tertiary/aromatic N) is 2. The third kappa shape index (κ3) is 5.15. The number of nitrogens with two attached hydrogens (primary N) is 2. The molecule has 1 aliphatic carbocycles. The van der Waals surface area contributed by atoms with Crippen molar-refractivity contribution in [2.75, 3.05) is 11.5 Å². The van der Waals surface area contributed by atoms with Crippen molar-refractivity contribution >= 4 is 33.0 Å². The molecule has 0 radical (unpaired) electrons. The van der Waals surface area contributed by atoms with Gasteiger partial charge in [0.05, 0.1) is 11.8 Å². The number of primary amides is 1. The van der Waals surface area contributed by atoms with Crippen molar-refractivity contribution < 1.29 is 17.9 Å². The van der Waals surface area contributed by atoms with Crippen molar-refractivity contribution in [1.82, 2.24) is 14.9 Å². The molecule has 11 heteroatoms. The average Bonchev–Trinajstić information content (AvgIpc) is 3.36. The van der Waals surface area contributed by atoms with Gasteiger partial charge in [0.1, 0.15) is 21.5 Å². The van der Waals surface area contributed by atoms with Gasteiger partial charge in [-0.05, 0) is 56.0 Å². The summed E-state index contributed by atoms with van der Waals surface area (Å²) < 4.78 is 32.6. The quantitative estimate of drug-likeness (QED) is 0.413. The standard InChI is InChI=1S/C22H25N5O4S2/c1-12(2)31-19-9-6-13(10-17(19)23)21-25-26-22(32-21)16-5-3-4-15-14(16)7-8-18(15)27-33(29,30)11-20(24)28/h3-6,9-10,12,18,27H,7-8,11,23H2,1-2H3,(H2,24,28). The first-order valence-corrected chi connectivity index (χ1v) is 12.9. The van der Waals surface area contributed by atoms with Gasteiger partial charge >= 0.3 is 0 Å². The fourth-order valence-electron chi connectivity index (χ4n) is 3.91. The number of anilines is 1. The zero-order valence-corrected chi connectivity index (χ0v) is 19.9. The van der Waals surface area contributed by atoms with Gasteiger partial charge in [-0.2, -0.15) is 0 Å². The molecule has 4 rings (SSSR count). The van der Waals surface area contributed by atoms with Crippen molar-refractivity contribution in [3.05, 3.63) is 47.5 Å². The summed E-state index contributed by atoms with van der Waals surface area (Å²) in [6.45, 7) is 3.88. The first-order chi connectivity index (χ1) is 15.6. The molecule has 1 aromatic heterocycles. The van der Waals surface area contributed by atoms with Gasteiger partial charge in [0.15, 0.2) is 0 Å². The molecule has 3 aromatic rings. The first-order valence-electron chi connectivity index (χ1n) is 10.4. The van der Waals surface area contributed by atoms with E-state index in [0.717, 1.165) is 32.3 Å². The monoisotopic (exact) mass is 487 g/mol. The van der Waals surface area contributed by atoms with E-state index in [9.17, 15) is 13.2 Å². The molecule has 2 aromatic carbocycles. The molecule has 9 nitrogen and oxygen atoms in total. The molecule has 0 fully saturated rings. The van der Waals surface area contributed by atoms with E-state index in [2.05, 4.69) is 14.9 Å². The Kier molecular flexibility index (Phi) is 6.37. The van der Waals surface area contributed by atoms with Gasteiger partial charge in [-0.15, -0.1) is 10.2 Å². The number of hydrogen-bond donors (Lipinski definition) is 3. The Balaban J connectivity index is 1.60. The predicted molar refractivity (Wildman–Crippen MR) is 128 cm³/mol. The van der Waals surface area contributed by atoms with Crippen LogP contribution in [-0.4, -0.2) is 36.4 Å². The van der Waals surface area contributed by atoms with Crippen LogP contribution in [0.1, 0.15) is 37.4 Å². The van der Waals surface area contributed by atoms with E-state index >= 15 is 0 Å². The van der Waals surface area contributed by atoms with Gasteiger partial charge in [-0.25, -0.2) is 13.1 Å². The number of nitrogens with one attached hydrogen (secondary N) is 1. The second-order valence-electron chi connectivity index (χ2n) is 8.14. The molecule has 0 bridgehead atoms. The highest BCUT2D eigenvalue weighted by atomic mass is 32.2. The molecule has 1 amide bonds. The smallest absolute Gasteiger partial charge is 0.234 e. The van der Waals surface area contributed by atoms with Crippen LogP contribution in [0.2, 0.25) is 0 Å². The number of aromatic nitrogens is 2. The Morgan fingerprint density at radius 2 is 2.00 bits per heavy atom. The minimum atomic E-state index is -3.80. The Hall–Kier alpha value is -3.02. The van der Waals surface area contributed by atoms with Crippen molar-refractivity contribution in [2.24, 2.45) is 5.73 Å². The number of sulfonamides is 1. The highest BCUT2D eigenvalue weighted by Gasteiger charge is 2.29. The maximum atomic E-state index is 12.2. The fraction of sp³-hybridized carbons (Fsp3) is 0.318. The van der Waals surface area contributed by atoms with E-state index in [1.807, 2.05) is 50.2 Å². The predicted octanol–water partition coefficient (Wildman–Crippen LogP) is 2.63. The van der Waals surface area contributed by atoms with Crippen molar-refractivity contribution in [2.45, 2.75) is 38.8 Å². The summed E-state index contributed by atoms with van der Waals surface area (Å²) in [7, 11) is -3.80.